The Morgan fingerprint density at radius 3 is 2.78 bits per heavy atom. The standard InChI is InChI=1S/C12H18N4O2/c1-2-11(8-3-4-8)15-5-9(6-15)16-7-10(12(17)18)13-14-16/h7-9,11H,2-6H2,1H3,(H,17,18). The van der Waals surface area contributed by atoms with Crippen molar-refractivity contribution in [3.05, 3.63) is 11.9 Å². The minimum atomic E-state index is -1.01. The molecule has 0 radical (unpaired) electrons. The Morgan fingerprint density at radius 1 is 1.56 bits per heavy atom. The molecule has 1 aromatic heterocycles. The maximum absolute atomic E-state index is 10.7. The molecule has 1 atom stereocenters. The highest BCUT2D eigenvalue weighted by atomic mass is 16.4. The van der Waals surface area contributed by atoms with E-state index in [0.717, 1.165) is 19.0 Å². The predicted octanol–water partition coefficient (Wildman–Crippen LogP) is 1.02. The molecule has 1 aromatic rings. The number of nitrogens with zero attached hydrogens (tertiary/aromatic N) is 4. The van der Waals surface area contributed by atoms with Crippen molar-refractivity contribution in [3.63, 3.8) is 0 Å². The van der Waals surface area contributed by atoms with Gasteiger partial charge in [0.2, 0.25) is 0 Å². The number of likely N-dealkylation sites (tertiary alicyclic amines) is 1. The Hall–Kier alpha value is -1.43. The van der Waals surface area contributed by atoms with Gasteiger partial charge in [-0.15, -0.1) is 5.10 Å². The van der Waals surface area contributed by atoms with Gasteiger partial charge < -0.3 is 5.11 Å². The van der Waals surface area contributed by atoms with E-state index >= 15 is 0 Å². The Labute approximate surface area is 106 Å². The first-order valence-corrected chi connectivity index (χ1v) is 6.58. The van der Waals surface area contributed by atoms with E-state index in [0.29, 0.717) is 12.1 Å². The fourth-order valence-corrected chi connectivity index (χ4v) is 2.85. The summed E-state index contributed by atoms with van der Waals surface area (Å²) in [7, 11) is 0. The highest BCUT2D eigenvalue weighted by Crippen LogP contribution is 2.39. The summed E-state index contributed by atoms with van der Waals surface area (Å²) in [5.41, 5.74) is 0.0303. The summed E-state index contributed by atoms with van der Waals surface area (Å²) in [6.45, 7) is 4.18. The average Bonchev–Trinajstić information content (AvgIpc) is 3.00. The van der Waals surface area contributed by atoms with Crippen LogP contribution in [0.5, 0.6) is 0 Å². The molecule has 6 nitrogen and oxygen atoms in total. The molecule has 98 valence electrons. The maximum atomic E-state index is 10.7. The Morgan fingerprint density at radius 2 is 2.28 bits per heavy atom. The molecule has 0 amide bonds. The monoisotopic (exact) mass is 250 g/mol. The summed E-state index contributed by atoms with van der Waals surface area (Å²) in [4.78, 5) is 13.2. The second kappa shape index (κ2) is 4.35. The van der Waals surface area contributed by atoms with Gasteiger partial charge in [-0.05, 0) is 25.2 Å². The second-order valence-corrected chi connectivity index (χ2v) is 5.31. The second-order valence-electron chi connectivity index (χ2n) is 5.31. The van der Waals surface area contributed by atoms with Crippen LogP contribution in [-0.4, -0.2) is 50.1 Å². The topological polar surface area (TPSA) is 71.2 Å². The molecule has 2 fully saturated rings. The lowest BCUT2D eigenvalue weighted by molar-refractivity contribution is 0.0401. The van der Waals surface area contributed by atoms with Crippen LogP contribution in [0.15, 0.2) is 6.20 Å². The summed E-state index contributed by atoms with van der Waals surface area (Å²) in [5.74, 6) is -0.122. The molecular weight excluding hydrogens is 232 g/mol. The SMILES string of the molecule is CCC(C1CC1)N1CC(n2cc(C(=O)O)nn2)C1. The van der Waals surface area contributed by atoms with Gasteiger partial charge in [0.25, 0.3) is 0 Å². The lowest BCUT2D eigenvalue weighted by Gasteiger charge is -2.44. The third-order valence-corrected chi connectivity index (χ3v) is 4.05. The van der Waals surface area contributed by atoms with Gasteiger partial charge >= 0.3 is 5.97 Å². The molecule has 2 heterocycles. The summed E-state index contributed by atoms with van der Waals surface area (Å²) >= 11 is 0. The minimum absolute atomic E-state index is 0.0303. The van der Waals surface area contributed by atoms with Crippen molar-refractivity contribution in [1.29, 1.82) is 0 Å². The molecule has 1 aliphatic carbocycles. The third-order valence-electron chi connectivity index (χ3n) is 4.05. The van der Waals surface area contributed by atoms with Gasteiger partial charge in [-0.3, -0.25) is 4.90 Å². The Bertz CT molecular complexity index is 449. The molecule has 6 heteroatoms. The molecular formula is C12H18N4O2. The zero-order valence-corrected chi connectivity index (χ0v) is 10.5. The van der Waals surface area contributed by atoms with Crippen molar-refractivity contribution in [3.8, 4) is 0 Å². The summed E-state index contributed by atoms with van der Waals surface area (Å²) < 4.78 is 1.69. The smallest absolute Gasteiger partial charge is 0.358 e. The van der Waals surface area contributed by atoms with Gasteiger partial charge in [-0.2, -0.15) is 0 Å². The van der Waals surface area contributed by atoms with Crippen LogP contribution in [0.4, 0.5) is 0 Å². The van der Waals surface area contributed by atoms with E-state index in [2.05, 4.69) is 22.1 Å². The highest BCUT2D eigenvalue weighted by Gasteiger charge is 2.40. The number of aromatic carboxylic acids is 1. The number of carboxylic acids is 1. The van der Waals surface area contributed by atoms with Crippen LogP contribution >= 0.6 is 0 Å². The van der Waals surface area contributed by atoms with E-state index < -0.39 is 5.97 Å². The number of rotatable bonds is 5. The Kier molecular flexibility index (Phi) is 2.81. The predicted molar refractivity (Wildman–Crippen MR) is 64.4 cm³/mol. The van der Waals surface area contributed by atoms with E-state index in [4.69, 9.17) is 5.11 Å². The van der Waals surface area contributed by atoms with Crippen LogP contribution in [0.3, 0.4) is 0 Å². The van der Waals surface area contributed by atoms with E-state index in [-0.39, 0.29) is 5.69 Å². The van der Waals surface area contributed by atoms with Crippen molar-refractivity contribution in [2.24, 2.45) is 5.92 Å². The first-order chi connectivity index (χ1) is 8.69. The molecule has 2 aliphatic rings. The van der Waals surface area contributed by atoms with E-state index in [1.165, 1.54) is 25.5 Å². The number of carbonyl (C=O) groups is 1. The normalized spacial score (nSPS) is 22.7. The number of aromatic nitrogens is 3. The van der Waals surface area contributed by atoms with E-state index in [9.17, 15) is 4.79 Å². The molecule has 1 aliphatic heterocycles. The Balaban J connectivity index is 1.58. The molecule has 0 bridgehead atoms. The molecule has 0 aromatic carbocycles. The lowest BCUT2D eigenvalue weighted by atomic mass is 10.0. The molecule has 0 spiro atoms. The van der Waals surface area contributed by atoms with Gasteiger partial charge in [-0.25, -0.2) is 9.48 Å². The van der Waals surface area contributed by atoms with Crippen LogP contribution in [0, 0.1) is 5.92 Å². The van der Waals surface area contributed by atoms with E-state index in [1.807, 2.05) is 0 Å². The van der Waals surface area contributed by atoms with Gasteiger partial charge in [0.1, 0.15) is 0 Å². The first kappa shape index (κ1) is 11.6. The molecule has 1 saturated heterocycles. The minimum Gasteiger partial charge on any atom is -0.476 e. The molecule has 3 rings (SSSR count). The number of hydrogen-bond donors (Lipinski definition) is 1. The van der Waals surface area contributed by atoms with Crippen molar-refractivity contribution in [2.75, 3.05) is 13.1 Å². The van der Waals surface area contributed by atoms with Gasteiger partial charge in [0.15, 0.2) is 5.69 Å². The van der Waals surface area contributed by atoms with E-state index in [1.54, 1.807) is 4.68 Å². The third kappa shape index (κ3) is 2.01. The molecule has 1 saturated carbocycles. The molecule has 1 N–H and O–H groups in total. The largest absolute Gasteiger partial charge is 0.476 e. The van der Waals surface area contributed by atoms with Crippen LogP contribution in [-0.2, 0) is 0 Å². The van der Waals surface area contributed by atoms with Crippen LogP contribution in [0.25, 0.3) is 0 Å². The van der Waals surface area contributed by atoms with Crippen LogP contribution < -0.4 is 0 Å². The lowest BCUT2D eigenvalue weighted by Crippen LogP contribution is -2.53. The van der Waals surface area contributed by atoms with Crippen molar-refractivity contribution < 1.29 is 9.90 Å². The fraction of sp³-hybridized carbons (Fsp3) is 0.750. The van der Waals surface area contributed by atoms with Crippen LogP contribution in [0.1, 0.15) is 42.7 Å². The number of hydrogen-bond acceptors (Lipinski definition) is 4. The first-order valence-electron chi connectivity index (χ1n) is 6.58. The summed E-state index contributed by atoms with van der Waals surface area (Å²) in [5, 5.41) is 16.4. The van der Waals surface area contributed by atoms with Crippen molar-refractivity contribution in [1.82, 2.24) is 19.9 Å². The quantitative estimate of drug-likeness (QED) is 0.844. The van der Waals surface area contributed by atoms with Crippen molar-refractivity contribution in [2.45, 2.75) is 38.3 Å². The zero-order valence-electron chi connectivity index (χ0n) is 10.5. The number of carboxylic acid groups (broad SMARTS) is 1. The zero-order chi connectivity index (χ0) is 12.7. The van der Waals surface area contributed by atoms with Crippen molar-refractivity contribution >= 4 is 5.97 Å². The fourth-order valence-electron chi connectivity index (χ4n) is 2.85. The highest BCUT2D eigenvalue weighted by molar-refractivity contribution is 5.84. The maximum Gasteiger partial charge on any atom is 0.358 e. The van der Waals surface area contributed by atoms with Gasteiger partial charge in [0, 0.05) is 19.1 Å². The average molecular weight is 250 g/mol. The summed E-state index contributed by atoms with van der Waals surface area (Å²) in [6.07, 6.45) is 5.47. The molecule has 18 heavy (non-hydrogen) atoms. The van der Waals surface area contributed by atoms with Gasteiger partial charge in [0.05, 0.1) is 12.2 Å². The van der Waals surface area contributed by atoms with Gasteiger partial charge in [-0.1, -0.05) is 12.1 Å². The molecule has 1 unspecified atom stereocenters. The van der Waals surface area contributed by atoms with Crippen LogP contribution in [0.2, 0.25) is 0 Å². The summed E-state index contributed by atoms with van der Waals surface area (Å²) in [6, 6.07) is 1.00.